The van der Waals surface area contributed by atoms with Crippen LogP contribution in [0.15, 0.2) is 52.3 Å². The quantitative estimate of drug-likeness (QED) is 0.223. The largest absolute Gasteiger partial charge is 0.486 e. The Bertz CT molecular complexity index is 1360. The lowest BCUT2D eigenvalue weighted by atomic mass is 9.88. The van der Waals surface area contributed by atoms with E-state index in [4.69, 9.17) is 21.3 Å². The van der Waals surface area contributed by atoms with Crippen molar-refractivity contribution in [1.82, 2.24) is 14.5 Å². The third-order valence-electron chi connectivity index (χ3n) is 5.65. The molecule has 0 fully saturated rings. The van der Waals surface area contributed by atoms with E-state index in [0.29, 0.717) is 30.3 Å². The summed E-state index contributed by atoms with van der Waals surface area (Å²) < 4.78 is 8.06. The highest BCUT2D eigenvalue weighted by Gasteiger charge is 2.33. The second-order valence-corrected chi connectivity index (χ2v) is 13.4. The van der Waals surface area contributed by atoms with E-state index in [1.807, 2.05) is 35.7 Å². The Hall–Kier alpha value is -2.55. The van der Waals surface area contributed by atoms with Crippen molar-refractivity contribution in [2.24, 2.45) is 5.41 Å². The second-order valence-electron chi connectivity index (χ2n) is 10.4. The number of carboxylic acids is 1. The molecule has 0 aliphatic carbocycles. The molecule has 0 radical (unpaired) electrons. The van der Waals surface area contributed by atoms with Crippen molar-refractivity contribution in [2.75, 3.05) is 0 Å². The van der Waals surface area contributed by atoms with Gasteiger partial charge in [-0.05, 0) is 37.6 Å². The van der Waals surface area contributed by atoms with Gasteiger partial charge in [-0.3, -0.25) is 4.79 Å². The number of ether oxygens (including phenoxy) is 1. The predicted molar refractivity (Wildman–Crippen MR) is 147 cm³/mol. The van der Waals surface area contributed by atoms with Crippen molar-refractivity contribution >= 4 is 51.7 Å². The van der Waals surface area contributed by atoms with Crippen LogP contribution in [0.1, 0.15) is 51.6 Å². The monoisotopic (exact) mass is 543 g/mol. The van der Waals surface area contributed by atoms with E-state index in [2.05, 4.69) is 30.3 Å². The molecule has 4 aromatic rings. The summed E-state index contributed by atoms with van der Waals surface area (Å²) in [4.78, 5) is 22.3. The first-order valence-corrected chi connectivity index (χ1v) is 13.7. The number of nitrogens with zero attached hydrogens (tertiary/aromatic N) is 3. The predicted octanol–water partition coefficient (Wildman–Crippen LogP) is 7.32. The van der Waals surface area contributed by atoms with Gasteiger partial charge in [0.25, 0.3) is 0 Å². The zero-order valence-electron chi connectivity index (χ0n) is 21.0. The van der Waals surface area contributed by atoms with E-state index in [1.165, 1.54) is 11.3 Å². The number of hydrogen-bond donors (Lipinski definition) is 1. The van der Waals surface area contributed by atoms with Gasteiger partial charge in [-0.25, -0.2) is 9.97 Å². The number of halogens is 1. The Balaban J connectivity index is 1.86. The molecule has 0 aliphatic rings. The molecule has 36 heavy (non-hydrogen) atoms. The second kappa shape index (κ2) is 10.4. The zero-order chi connectivity index (χ0) is 26.1. The van der Waals surface area contributed by atoms with Crippen LogP contribution in [0.4, 0.5) is 0 Å². The van der Waals surface area contributed by atoms with Gasteiger partial charge in [0.15, 0.2) is 0 Å². The number of pyridine rings is 1. The van der Waals surface area contributed by atoms with Crippen LogP contribution in [0.25, 0.3) is 11.0 Å². The molecular formula is C27H30ClN3O3S2. The van der Waals surface area contributed by atoms with Crippen LogP contribution in [0.5, 0.6) is 5.75 Å². The number of fused-ring (bicyclic) bond motifs is 1. The van der Waals surface area contributed by atoms with Gasteiger partial charge in [0.1, 0.15) is 18.0 Å². The van der Waals surface area contributed by atoms with Gasteiger partial charge in [0, 0.05) is 44.1 Å². The summed E-state index contributed by atoms with van der Waals surface area (Å²) in [6, 6.07) is 9.72. The van der Waals surface area contributed by atoms with Gasteiger partial charge in [0.2, 0.25) is 0 Å². The number of aromatic nitrogens is 3. The number of rotatable bonds is 9. The number of hydrogen-bond acceptors (Lipinski definition) is 6. The van der Waals surface area contributed by atoms with Crippen molar-refractivity contribution in [3.05, 3.63) is 69.4 Å². The molecule has 3 heterocycles. The number of benzene rings is 1. The van der Waals surface area contributed by atoms with E-state index >= 15 is 0 Å². The number of aliphatic carboxylic acids is 1. The Labute approximate surface area is 224 Å². The first kappa shape index (κ1) is 26.5. The van der Waals surface area contributed by atoms with Crippen molar-refractivity contribution in [1.29, 1.82) is 0 Å². The first-order valence-electron chi connectivity index (χ1n) is 11.6. The first-order chi connectivity index (χ1) is 16.9. The third-order valence-corrected chi connectivity index (χ3v) is 7.81. The molecule has 4 rings (SSSR count). The molecule has 3 aromatic heterocycles. The molecule has 0 saturated carbocycles. The molecule has 0 bridgehead atoms. The Morgan fingerprint density at radius 2 is 1.89 bits per heavy atom. The van der Waals surface area contributed by atoms with Gasteiger partial charge in [-0.15, -0.1) is 23.1 Å². The molecule has 0 aliphatic heterocycles. The summed E-state index contributed by atoms with van der Waals surface area (Å²) in [5.41, 5.74) is 4.51. The maximum atomic E-state index is 12.1. The van der Waals surface area contributed by atoms with Gasteiger partial charge < -0.3 is 14.4 Å². The minimum absolute atomic E-state index is 0.0983. The molecule has 190 valence electrons. The van der Waals surface area contributed by atoms with E-state index in [1.54, 1.807) is 37.3 Å². The summed E-state index contributed by atoms with van der Waals surface area (Å²) >= 11 is 9.38. The zero-order valence-corrected chi connectivity index (χ0v) is 23.4. The Morgan fingerprint density at radius 3 is 2.50 bits per heavy atom. The SMILES string of the molecule is CC(C)(C)Sc1c(CC(C)(C)C(=O)O)n(Cc2ccc(Cl)cc2)c2ncc(OCc3cscn3)cc12. The van der Waals surface area contributed by atoms with Crippen LogP contribution < -0.4 is 4.74 Å². The van der Waals surface area contributed by atoms with Crippen molar-refractivity contribution < 1.29 is 14.6 Å². The van der Waals surface area contributed by atoms with Crippen LogP contribution in [0, 0.1) is 5.41 Å². The maximum Gasteiger partial charge on any atom is 0.309 e. The molecule has 9 heteroatoms. The molecule has 0 spiro atoms. The molecular weight excluding hydrogens is 514 g/mol. The number of carboxylic acid groups (broad SMARTS) is 1. The van der Waals surface area contributed by atoms with Crippen LogP contribution in [0.3, 0.4) is 0 Å². The van der Waals surface area contributed by atoms with Gasteiger partial charge >= 0.3 is 5.97 Å². The summed E-state index contributed by atoms with van der Waals surface area (Å²) in [6.45, 7) is 10.9. The highest BCUT2D eigenvalue weighted by atomic mass is 35.5. The van der Waals surface area contributed by atoms with Crippen LogP contribution in [-0.4, -0.2) is 30.4 Å². The Morgan fingerprint density at radius 1 is 1.17 bits per heavy atom. The van der Waals surface area contributed by atoms with Gasteiger partial charge in [0.05, 0.1) is 22.8 Å². The number of thiazole rings is 1. The molecule has 0 unspecified atom stereocenters. The molecule has 1 aromatic carbocycles. The van der Waals surface area contributed by atoms with Gasteiger partial charge in [-0.1, -0.05) is 44.5 Å². The lowest BCUT2D eigenvalue weighted by Crippen LogP contribution is -2.28. The van der Waals surface area contributed by atoms with E-state index in [0.717, 1.165) is 32.9 Å². The fraction of sp³-hybridized carbons (Fsp3) is 0.370. The average molecular weight is 544 g/mol. The number of thioether (sulfide) groups is 1. The fourth-order valence-electron chi connectivity index (χ4n) is 3.80. The van der Waals surface area contributed by atoms with Crippen LogP contribution in [-0.2, 0) is 24.4 Å². The van der Waals surface area contributed by atoms with Crippen molar-refractivity contribution in [3.63, 3.8) is 0 Å². The Kier molecular flexibility index (Phi) is 7.69. The molecule has 0 atom stereocenters. The lowest BCUT2D eigenvalue weighted by molar-refractivity contribution is -0.146. The topological polar surface area (TPSA) is 77.2 Å². The average Bonchev–Trinajstić information content (AvgIpc) is 3.41. The maximum absolute atomic E-state index is 12.1. The van der Waals surface area contributed by atoms with Crippen LogP contribution in [0.2, 0.25) is 5.02 Å². The normalized spacial score (nSPS) is 12.3. The molecule has 0 amide bonds. The summed E-state index contributed by atoms with van der Waals surface area (Å²) in [7, 11) is 0. The van der Waals surface area contributed by atoms with Gasteiger partial charge in [-0.2, -0.15) is 0 Å². The van der Waals surface area contributed by atoms with E-state index < -0.39 is 11.4 Å². The highest BCUT2D eigenvalue weighted by Crippen LogP contribution is 2.43. The van der Waals surface area contributed by atoms with Crippen molar-refractivity contribution in [3.8, 4) is 5.75 Å². The molecule has 6 nitrogen and oxygen atoms in total. The minimum atomic E-state index is -0.955. The summed E-state index contributed by atoms with van der Waals surface area (Å²) in [5.74, 6) is -0.184. The van der Waals surface area contributed by atoms with Crippen molar-refractivity contribution in [2.45, 2.75) is 63.8 Å². The molecule has 0 saturated heterocycles. The lowest BCUT2D eigenvalue weighted by Gasteiger charge is -2.24. The molecule has 1 N–H and O–H groups in total. The fourth-order valence-corrected chi connectivity index (χ4v) is 5.65. The van der Waals surface area contributed by atoms with E-state index in [9.17, 15) is 9.90 Å². The standard InChI is InChI=1S/C27H30ClN3O3S2/c1-26(2,3)36-23-21-10-20(34-14-19-15-35-16-30-19)12-29-24(21)31(13-17-6-8-18(28)9-7-17)22(23)11-27(4,5)25(32)33/h6-10,12,15-16H,11,13-14H2,1-5H3,(H,32,33). The smallest absolute Gasteiger partial charge is 0.309 e. The van der Waals surface area contributed by atoms with E-state index in [-0.39, 0.29) is 4.75 Å². The summed E-state index contributed by atoms with van der Waals surface area (Å²) in [5, 5.41) is 13.5. The van der Waals surface area contributed by atoms with Crippen LogP contribution >= 0.6 is 34.7 Å². The highest BCUT2D eigenvalue weighted by molar-refractivity contribution is 8.00. The minimum Gasteiger partial charge on any atom is -0.486 e. The summed E-state index contributed by atoms with van der Waals surface area (Å²) in [6.07, 6.45) is 2.09. The third kappa shape index (κ3) is 6.22. The number of carbonyl (C=O) groups is 1.